The maximum absolute atomic E-state index is 14.4. The van der Waals surface area contributed by atoms with Gasteiger partial charge in [-0.1, -0.05) is 6.92 Å². The summed E-state index contributed by atoms with van der Waals surface area (Å²) in [6.45, 7) is 3.15. The summed E-state index contributed by atoms with van der Waals surface area (Å²) in [4.78, 5) is 12.0. The maximum Gasteiger partial charge on any atom is 0.224 e. The van der Waals surface area contributed by atoms with Crippen LogP contribution in [0.5, 0.6) is 0 Å². The van der Waals surface area contributed by atoms with Crippen LogP contribution in [0.2, 0.25) is 0 Å². The van der Waals surface area contributed by atoms with Gasteiger partial charge in [-0.2, -0.15) is 10.2 Å². The molecule has 1 aromatic carbocycles. The number of hydrogen-bond donors (Lipinski definition) is 1. The lowest BCUT2D eigenvalue weighted by Gasteiger charge is -2.25. The summed E-state index contributed by atoms with van der Waals surface area (Å²) in [6.07, 6.45) is 5.21. The summed E-state index contributed by atoms with van der Waals surface area (Å²) in [6, 6.07) is 7.53. The maximum atomic E-state index is 14.4. The lowest BCUT2D eigenvalue weighted by Crippen LogP contribution is -2.29. The number of nitriles is 1. The second-order valence-electron chi connectivity index (χ2n) is 6.23. The van der Waals surface area contributed by atoms with Crippen molar-refractivity contribution in [3.8, 4) is 17.3 Å². The molecule has 1 fully saturated rings. The molecule has 1 atom stereocenters. The molecular weight excluding hydrogens is 349 g/mol. The fourth-order valence-electron chi connectivity index (χ4n) is 3.40. The Balaban J connectivity index is 2.10. The van der Waals surface area contributed by atoms with Crippen molar-refractivity contribution < 1.29 is 4.39 Å². The number of rotatable bonds is 5. The summed E-state index contributed by atoms with van der Waals surface area (Å²) in [5.41, 5.74) is 1.38. The van der Waals surface area contributed by atoms with Gasteiger partial charge in [0.25, 0.3) is 0 Å². The van der Waals surface area contributed by atoms with Crippen LogP contribution >= 0.6 is 11.8 Å². The molecule has 26 heavy (non-hydrogen) atoms. The van der Waals surface area contributed by atoms with E-state index in [-0.39, 0.29) is 5.56 Å². The van der Waals surface area contributed by atoms with Crippen molar-refractivity contribution in [3.63, 3.8) is 0 Å². The average molecular weight is 371 g/mol. The third-order valence-corrected chi connectivity index (χ3v) is 5.52. The van der Waals surface area contributed by atoms with Gasteiger partial charge in [-0.05, 0) is 37.7 Å². The predicted octanol–water partition coefficient (Wildman–Crippen LogP) is 4.30. The molecule has 0 aliphatic carbocycles. The van der Waals surface area contributed by atoms with E-state index < -0.39 is 5.82 Å². The lowest BCUT2D eigenvalue weighted by atomic mass is 10.1. The summed E-state index contributed by atoms with van der Waals surface area (Å²) >= 11 is 1.35. The van der Waals surface area contributed by atoms with E-state index in [1.807, 2.05) is 24.5 Å². The molecule has 0 saturated carbocycles. The zero-order valence-corrected chi connectivity index (χ0v) is 16.0. The van der Waals surface area contributed by atoms with Crippen molar-refractivity contribution in [1.29, 1.82) is 5.26 Å². The first-order valence-corrected chi connectivity index (χ1v) is 9.95. The van der Waals surface area contributed by atoms with E-state index in [2.05, 4.69) is 27.1 Å². The van der Waals surface area contributed by atoms with Crippen molar-refractivity contribution in [1.82, 2.24) is 9.97 Å². The number of benzene rings is 1. The van der Waals surface area contributed by atoms with Gasteiger partial charge in [-0.15, -0.1) is 11.8 Å². The Morgan fingerprint density at radius 3 is 2.85 bits per heavy atom. The third-order valence-electron chi connectivity index (χ3n) is 4.76. The summed E-state index contributed by atoms with van der Waals surface area (Å²) < 4.78 is 14.4. The van der Waals surface area contributed by atoms with Crippen LogP contribution in [0.4, 0.5) is 16.2 Å². The molecule has 1 saturated heterocycles. The monoisotopic (exact) mass is 371 g/mol. The zero-order valence-electron chi connectivity index (χ0n) is 15.2. The molecule has 2 heterocycles. The van der Waals surface area contributed by atoms with Gasteiger partial charge in [0.1, 0.15) is 23.3 Å². The Bertz CT molecular complexity index is 849. The Hall–Kier alpha value is -2.33. The summed E-state index contributed by atoms with van der Waals surface area (Å²) in [5.74, 6) is 0.849. The van der Waals surface area contributed by atoms with E-state index in [9.17, 15) is 9.65 Å². The highest BCUT2D eigenvalue weighted by atomic mass is 32.2. The minimum atomic E-state index is -0.520. The highest BCUT2D eigenvalue weighted by Crippen LogP contribution is 2.33. The van der Waals surface area contributed by atoms with Gasteiger partial charge in [0.05, 0.1) is 5.69 Å². The topological polar surface area (TPSA) is 64.8 Å². The molecule has 1 aliphatic heterocycles. The number of nitrogens with one attached hydrogen (secondary N) is 1. The normalized spacial score (nSPS) is 16.6. The fraction of sp³-hybridized carbons (Fsp3) is 0.421. The number of thioether (sulfide) groups is 1. The van der Waals surface area contributed by atoms with Crippen LogP contribution in [-0.4, -0.2) is 35.9 Å². The van der Waals surface area contributed by atoms with Crippen LogP contribution in [0.3, 0.4) is 0 Å². The molecule has 1 aromatic heterocycles. The van der Waals surface area contributed by atoms with E-state index in [1.54, 1.807) is 7.05 Å². The Morgan fingerprint density at radius 1 is 1.38 bits per heavy atom. The van der Waals surface area contributed by atoms with Crippen LogP contribution in [0.1, 0.15) is 31.7 Å². The highest BCUT2D eigenvalue weighted by Gasteiger charge is 2.25. The Kier molecular flexibility index (Phi) is 5.62. The van der Waals surface area contributed by atoms with E-state index in [1.165, 1.54) is 17.8 Å². The second kappa shape index (κ2) is 7.92. The van der Waals surface area contributed by atoms with Gasteiger partial charge in [0.15, 0.2) is 0 Å². The van der Waals surface area contributed by atoms with Crippen molar-refractivity contribution >= 4 is 23.5 Å². The first-order valence-electron chi connectivity index (χ1n) is 8.72. The smallest absolute Gasteiger partial charge is 0.224 e. The van der Waals surface area contributed by atoms with Gasteiger partial charge in [0, 0.05) is 36.2 Å². The van der Waals surface area contributed by atoms with Gasteiger partial charge in [-0.3, -0.25) is 0 Å². The molecule has 7 heteroatoms. The van der Waals surface area contributed by atoms with Crippen LogP contribution in [-0.2, 0) is 0 Å². The van der Waals surface area contributed by atoms with Crippen LogP contribution in [0.15, 0.2) is 23.1 Å². The largest absolute Gasteiger partial charge is 0.357 e. The molecule has 136 valence electrons. The standard InChI is InChI=1S/C19H22FN5S/c1-4-13-6-5-7-25(13)18-10-16(23-19(22-2)24-18)12-8-15(20)14(11-21)17(9-12)26-3/h8-10,13H,4-7H2,1-3H3,(H,22,23,24). The van der Waals surface area contributed by atoms with Crippen LogP contribution < -0.4 is 10.2 Å². The first kappa shape index (κ1) is 18.5. The summed E-state index contributed by atoms with van der Waals surface area (Å²) in [5, 5.41) is 12.2. The minimum absolute atomic E-state index is 0.0787. The number of aromatic nitrogens is 2. The molecule has 5 nitrogen and oxygen atoms in total. The molecule has 3 rings (SSSR count). The molecule has 2 aromatic rings. The van der Waals surface area contributed by atoms with Gasteiger partial charge in [-0.25, -0.2) is 9.37 Å². The van der Waals surface area contributed by atoms with E-state index in [4.69, 9.17) is 0 Å². The summed E-state index contributed by atoms with van der Waals surface area (Å²) in [7, 11) is 1.77. The molecule has 1 N–H and O–H groups in total. The molecule has 0 radical (unpaired) electrons. The van der Waals surface area contributed by atoms with Gasteiger partial charge in [0.2, 0.25) is 5.95 Å². The highest BCUT2D eigenvalue weighted by molar-refractivity contribution is 7.98. The molecule has 0 bridgehead atoms. The number of hydrogen-bond acceptors (Lipinski definition) is 6. The fourth-order valence-corrected chi connectivity index (χ4v) is 3.99. The molecular formula is C19H22FN5S. The molecule has 1 aliphatic rings. The van der Waals surface area contributed by atoms with E-state index >= 15 is 0 Å². The van der Waals surface area contributed by atoms with Crippen molar-refractivity contribution in [2.75, 3.05) is 30.1 Å². The molecule has 0 amide bonds. The first-order chi connectivity index (χ1) is 12.6. The predicted molar refractivity (Wildman–Crippen MR) is 104 cm³/mol. The number of halogens is 1. The third kappa shape index (κ3) is 3.47. The molecule has 1 unspecified atom stereocenters. The zero-order chi connectivity index (χ0) is 18.7. The van der Waals surface area contributed by atoms with Crippen molar-refractivity contribution in [3.05, 3.63) is 29.6 Å². The van der Waals surface area contributed by atoms with Crippen molar-refractivity contribution in [2.45, 2.75) is 37.1 Å². The van der Waals surface area contributed by atoms with E-state index in [0.717, 1.165) is 31.6 Å². The number of anilines is 2. The minimum Gasteiger partial charge on any atom is -0.357 e. The SMILES string of the molecule is CCC1CCCN1c1cc(-c2cc(F)c(C#N)c(SC)c2)nc(NC)n1. The Labute approximate surface area is 157 Å². The van der Waals surface area contributed by atoms with Crippen LogP contribution in [0, 0.1) is 17.1 Å². The van der Waals surface area contributed by atoms with Gasteiger partial charge < -0.3 is 10.2 Å². The second-order valence-corrected chi connectivity index (χ2v) is 7.08. The van der Waals surface area contributed by atoms with Crippen LogP contribution in [0.25, 0.3) is 11.3 Å². The van der Waals surface area contributed by atoms with Crippen molar-refractivity contribution in [2.24, 2.45) is 0 Å². The quantitative estimate of drug-likeness (QED) is 0.791. The van der Waals surface area contributed by atoms with Gasteiger partial charge >= 0.3 is 0 Å². The van der Waals surface area contributed by atoms with E-state index in [0.29, 0.717) is 28.1 Å². The lowest BCUT2D eigenvalue weighted by molar-refractivity contribution is 0.620. The molecule has 0 spiro atoms. The number of nitrogens with zero attached hydrogens (tertiary/aromatic N) is 4. The Morgan fingerprint density at radius 2 is 2.19 bits per heavy atom. The average Bonchev–Trinajstić information content (AvgIpc) is 3.15.